The molecule has 3 aromatic rings. The number of rotatable bonds is 5. The molecule has 0 saturated carbocycles. The minimum Gasteiger partial charge on any atom is -0.457 e. The SMILES string of the molecule is CC1(C)CC(C(=O)OCc2nc3ncncc3[nH]2)CN1Cc1ccccc1. The van der Waals surface area contributed by atoms with E-state index in [2.05, 4.69) is 50.8 Å². The summed E-state index contributed by atoms with van der Waals surface area (Å²) in [6.07, 6.45) is 3.88. The third kappa shape index (κ3) is 3.83. The van der Waals surface area contributed by atoms with Crippen LogP contribution < -0.4 is 0 Å². The van der Waals surface area contributed by atoms with Gasteiger partial charge in [0.05, 0.1) is 12.1 Å². The maximum atomic E-state index is 12.6. The van der Waals surface area contributed by atoms with Gasteiger partial charge in [-0.2, -0.15) is 0 Å². The summed E-state index contributed by atoms with van der Waals surface area (Å²) in [5.41, 5.74) is 2.52. The fraction of sp³-hybridized carbons (Fsp3) is 0.400. The van der Waals surface area contributed by atoms with Crippen molar-refractivity contribution in [2.45, 2.75) is 39.0 Å². The number of carbonyl (C=O) groups excluding carboxylic acids is 1. The molecule has 1 aliphatic heterocycles. The molecule has 2 aromatic heterocycles. The molecule has 0 spiro atoms. The average molecular weight is 365 g/mol. The summed E-state index contributed by atoms with van der Waals surface area (Å²) in [6.45, 7) is 6.01. The Bertz CT molecular complexity index is 905. The van der Waals surface area contributed by atoms with Gasteiger partial charge in [-0.3, -0.25) is 9.69 Å². The number of hydrogen-bond donors (Lipinski definition) is 1. The number of hydrogen-bond acceptors (Lipinski definition) is 6. The number of nitrogens with one attached hydrogen (secondary N) is 1. The number of esters is 1. The molecule has 0 aliphatic carbocycles. The first-order valence-electron chi connectivity index (χ1n) is 9.11. The zero-order chi connectivity index (χ0) is 18.9. The van der Waals surface area contributed by atoms with Crippen LogP contribution in [0.25, 0.3) is 11.2 Å². The number of aromatic nitrogens is 4. The normalized spacial score (nSPS) is 19.4. The van der Waals surface area contributed by atoms with E-state index in [4.69, 9.17) is 4.74 Å². The quantitative estimate of drug-likeness (QED) is 0.700. The van der Waals surface area contributed by atoms with E-state index in [0.29, 0.717) is 18.0 Å². The molecule has 1 aliphatic rings. The van der Waals surface area contributed by atoms with Gasteiger partial charge in [0, 0.05) is 18.6 Å². The molecular formula is C20H23N5O2. The molecule has 4 rings (SSSR count). The minimum atomic E-state index is -0.176. The highest BCUT2D eigenvalue weighted by atomic mass is 16.5. The Morgan fingerprint density at radius 1 is 1.33 bits per heavy atom. The van der Waals surface area contributed by atoms with Crippen LogP contribution in [0.3, 0.4) is 0 Å². The van der Waals surface area contributed by atoms with E-state index in [1.807, 2.05) is 18.2 Å². The second-order valence-corrected chi connectivity index (χ2v) is 7.63. The third-order valence-electron chi connectivity index (χ3n) is 5.15. The van der Waals surface area contributed by atoms with Crippen LogP contribution in [-0.4, -0.2) is 42.9 Å². The Morgan fingerprint density at radius 3 is 2.93 bits per heavy atom. The standard InChI is InChI=1S/C20H23N5O2/c1-20(2)8-15(11-25(20)10-14-6-4-3-5-7-14)19(26)27-12-17-23-16-9-21-13-22-18(16)24-17/h3-7,9,13,15H,8,10-12H2,1-2H3,(H,21,22,23,24). The number of fused-ring (bicyclic) bond motifs is 1. The number of ether oxygens (including phenoxy) is 1. The first kappa shape index (κ1) is 17.6. The molecule has 1 atom stereocenters. The van der Waals surface area contributed by atoms with Crippen LogP contribution in [0, 0.1) is 5.92 Å². The third-order valence-corrected chi connectivity index (χ3v) is 5.15. The zero-order valence-corrected chi connectivity index (χ0v) is 15.6. The van der Waals surface area contributed by atoms with Gasteiger partial charge in [-0.15, -0.1) is 0 Å². The van der Waals surface area contributed by atoms with Gasteiger partial charge in [-0.25, -0.2) is 15.0 Å². The molecule has 1 fully saturated rings. The Labute approximate surface area is 157 Å². The van der Waals surface area contributed by atoms with Crippen LogP contribution in [0.5, 0.6) is 0 Å². The molecule has 1 unspecified atom stereocenters. The van der Waals surface area contributed by atoms with Gasteiger partial charge in [-0.1, -0.05) is 30.3 Å². The van der Waals surface area contributed by atoms with Crippen LogP contribution in [0.4, 0.5) is 0 Å². The molecule has 140 valence electrons. The number of benzene rings is 1. The fourth-order valence-corrected chi connectivity index (χ4v) is 3.69. The highest BCUT2D eigenvalue weighted by molar-refractivity contribution is 5.73. The molecule has 1 saturated heterocycles. The van der Waals surface area contributed by atoms with Crippen LogP contribution in [0.1, 0.15) is 31.7 Å². The topological polar surface area (TPSA) is 84.0 Å². The predicted octanol–water partition coefficient (Wildman–Crippen LogP) is 2.70. The Balaban J connectivity index is 1.37. The van der Waals surface area contributed by atoms with Crippen molar-refractivity contribution in [2.75, 3.05) is 6.54 Å². The lowest BCUT2D eigenvalue weighted by molar-refractivity contribution is -0.149. The second kappa shape index (κ2) is 7.08. The van der Waals surface area contributed by atoms with Gasteiger partial charge < -0.3 is 9.72 Å². The van der Waals surface area contributed by atoms with Gasteiger partial charge >= 0.3 is 5.97 Å². The first-order chi connectivity index (χ1) is 13.0. The molecule has 7 heteroatoms. The van der Waals surface area contributed by atoms with Gasteiger partial charge in [0.15, 0.2) is 5.65 Å². The van der Waals surface area contributed by atoms with E-state index in [0.717, 1.165) is 18.5 Å². The molecular weight excluding hydrogens is 342 g/mol. The number of nitrogens with zero attached hydrogens (tertiary/aromatic N) is 4. The van der Waals surface area contributed by atoms with Crippen LogP contribution in [0.2, 0.25) is 0 Å². The van der Waals surface area contributed by atoms with Crippen molar-refractivity contribution in [1.29, 1.82) is 0 Å². The highest BCUT2D eigenvalue weighted by Crippen LogP contribution is 2.34. The van der Waals surface area contributed by atoms with E-state index < -0.39 is 0 Å². The summed E-state index contributed by atoms with van der Waals surface area (Å²) in [4.78, 5) is 30.4. The van der Waals surface area contributed by atoms with Crippen molar-refractivity contribution in [3.63, 3.8) is 0 Å². The maximum absolute atomic E-state index is 12.6. The summed E-state index contributed by atoms with van der Waals surface area (Å²) in [5, 5.41) is 0. The van der Waals surface area contributed by atoms with Crippen LogP contribution in [-0.2, 0) is 22.7 Å². The monoisotopic (exact) mass is 365 g/mol. The van der Waals surface area contributed by atoms with Crippen molar-refractivity contribution in [2.24, 2.45) is 5.92 Å². The van der Waals surface area contributed by atoms with Crippen LogP contribution >= 0.6 is 0 Å². The van der Waals surface area contributed by atoms with Gasteiger partial charge in [0.25, 0.3) is 0 Å². The molecule has 1 aromatic carbocycles. The van der Waals surface area contributed by atoms with Crippen molar-refractivity contribution in [3.8, 4) is 0 Å². The van der Waals surface area contributed by atoms with Gasteiger partial charge in [-0.05, 0) is 25.8 Å². The van der Waals surface area contributed by atoms with E-state index in [1.165, 1.54) is 11.9 Å². The van der Waals surface area contributed by atoms with Crippen molar-refractivity contribution in [1.82, 2.24) is 24.8 Å². The lowest BCUT2D eigenvalue weighted by Crippen LogP contribution is -2.37. The van der Waals surface area contributed by atoms with Gasteiger partial charge in [0.1, 0.15) is 24.3 Å². The lowest BCUT2D eigenvalue weighted by Gasteiger charge is -2.31. The summed E-state index contributed by atoms with van der Waals surface area (Å²) >= 11 is 0. The highest BCUT2D eigenvalue weighted by Gasteiger charge is 2.42. The predicted molar refractivity (Wildman–Crippen MR) is 101 cm³/mol. The fourth-order valence-electron chi connectivity index (χ4n) is 3.69. The Morgan fingerprint density at radius 2 is 2.15 bits per heavy atom. The number of H-pyrrole nitrogens is 1. The molecule has 7 nitrogen and oxygen atoms in total. The van der Waals surface area contributed by atoms with Crippen molar-refractivity contribution in [3.05, 3.63) is 54.2 Å². The number of carbonyl (C=O) groups is 1. The van der Waals surface area contributed by atoms with Crippen molar-refractivity contribution >= 4 is 17.1 Å². The minimum absolute atomic E-state index is 0.0471. The van der Waals surface area contributed by atoms with E-state index >= 15 is 0 Å². The van der Waals surface area contributed by atoms with E-state index in [1.54, 1.807) is 6.20 Å². The molecule has 0 amide bonds. The first-order valence-corrected chi connectivity index (χ1v) is 9.11. The molecule has 27 heavy (non-hydrogen) atoms. The number of likely N-dealkylation sites (tertiary alicyclic amines) is 1. The van der Waals surface area contributed by atoms with Gasteiger partial charge in [0.2, 0.25) is 0 Å². The number of imidazole rings is 1. The van der Waals surface area contributed by atoms with E-state index in [9.17, 15) is 4.79 Å². The maximum Gasteiger partial charge on any atom is 0.310 e. The Kier molecular flexibility index (Phi) is 4.61. The lowest BCUT2D eigenvalue weighted by atomic mass is 9.96. The molecule has 3 heterocycles. The van der Waals surface area contributed by atoms with Crippen molar-refractivity contribution < 1.29 is 9.53 Å². The summed E-state index contributed by atoms with van der Waals surface area (Å²) in [7, 11) is 0. The summed E-state index contributed by atoms with van der Waals surface area (Å²) < 4.78 is 5.53. The zero-order valence-electron chi connectivity index (χ0n) is 15.6. The molecule has 0 radical (unpaired) electrons. The van der Waals surface area contributed by atoms with Crippen LogP contribution in [0.15, 0.2) is 42.9 Å². The molecule has 1 N–H and O–H groups in total. The largest absolute Gasteiger partial charge is 0.457 e. The summed E-state index contributed by atoms with van der Waals surface area (Å²) in [6, 6.07) is 10.3. The average Bonchev–Trinajstić information content (AvgIpc) is 3.21. The smallest absolute Gasteiger partial charge is 0.310 e. The molecule has 0 bridgehead atoms. The Hall–Kier alpha value is -2.80. The summed E-state index contributed by atoms with van der Waals surface area (Å²) in [5.74, 6) is 0.273. The van der Waals surface area contributed by atoms with E-state index in [-0.39, 0.29) is 24.0 Å². The second-order valence-electron chi connectivity index (χ2n) is 7.63. The number of aromatic amines is 1.